The van der Waals surface area contributed by atoms with Crippen LogP contribution in [0.3, 0.4) is 0 Å². The third kappa shape index (κ3) is 2.88. The molecule has 0 aliphatic carbocycles. The molecule has 0 saturated carbocycles. The van der Waals surface area contributed by atoms with Crippen molar-refractivity contribution in [2.45, 2.75) is 18.9 Å². The number of nitrogens with one attached hydrogen (secondary N) is 1. The van der Waals surface area contributed by atoms with Gasteiger partial charge in [-0.3, -0.25) is 0 Å². The molecule has 8 nitrogen and oxygen atoms in total. The van der Waals surface area contributed by atoms with E-state index in [9.17, 15) is 0 Å². The van der Waals surface area contributed by atoms with Gasteiger partial charge in [-0.05, 0) is 45.1 Å². The molecule has 4 rings (SSSR count). The molecule has 0 bridgehead atoms. The number of oxazole rings is 1. The molecule has 3 aromatic rings. The summed E-state index contributed by atoms with van der Waals surface area (Å²) in [7, 11) is 2.13. The van der Waals surface area contributed by atoms with Crippen LogP contribution in [0.1, 0.15) is 12.8 Å². The number of hydrogen-bond donors (Lipinski definition) is 2. The molecule has 24 heavy (non-hydrogen) atoms. The molecule has 8 heteroatoms. The number of piperidine rings is 1. The Kier molecular flexibility index (Phi) is 3.73. The van der Waals surface area contributed by atoms with Crippen molar-refractivity contribution in [3.63, 3.8) is 0 Å². The Balaban J connectivity index is 1.64. The number of anilines is 2. The van der Waals surface area contributed by atoms with Crippen molar-refractivity contribution in [2.75, 3.05) is 31.2 Å². The van der Waals surface area contributed by atoms with Crippen LogP contribution in [0, 0.1) is 0 Å². The molecule has 124 valence electrons. The zero-order valence-corrected chi connectivity index (χ0v) is 13.4. The van der Waals surface area contributed by atoms with E-state index in [-0.39, 0.29) is 0 Å². The number of nitrogens with zero attached hydrogens (tertiary/aromatic N) is 5. The Morgan fingerprint density at radius 1 is 1.21 bits per heavy atom. The fraction of sp³-hybridized carbons (Fsp3) is 0.375. The van der Waals surface area contributed by atoms with Crippen molar-refractivity contribution >= 4 is 22.8 Å². The first-order chi connectivity index (χ1) is 11.7. The molecular weight excluding hydrogens is 306 g/mol. The van der Waals surface area contributed by atoms with E-state index in [0.29, 0.717) is 35.0 Å². The molecule has 1 fully saturated rings. The van der Waals surface area contributed by atoms with Gasteiger partial charge in [0.05, 0.1) is 11.6 Å². The van der Waals surface area contributed by atoms with Crippen LogP contribution in [0.4, 0.5) is 11.8 Å². The SMILES string of the molecule is CN1CCC(Nc2nc(N)c3ccc(-c4ncco4)nc3n2)CC1. The van der Waals surface area contributed by atoms with Crippen LogP contribution in [0.25, 0.3) is 22.6 Å². The second-order valence-corrected chi connectivity index (χ2v) is 6.06. The van der Waals surface area contributed by atoms with Crippen LogP contribution in [0.15, 0.2) is 29.0 Å². The van der Waals surface area contributed by atoms with Crippen molar-refractivity contribution in [1.29, 1.82) is 0 Å². The Morgan fingerprint density at radius 3 is 2.79 bits per heavy atom. The lowest BCUT2D eigenvalue weighted by Gasteiger charge is -2.29. The second kappa shape index (κ2) is 6.04. The molecule has 1 aliphatic rings. The summed E-state index contributed by atoms with van der Waals surface area (Å²) in [6.07, 6.45) is 5.22. The average molecular weight is 325 g/mol. The van der Waals surface area contributed by atoms with Gasteiger partial charge in [-0.25, -0.2) is 9.97 Å². The number of nitrogen functional groups attached to an aromatic ring is 1. The Hall–Kier alpha value is -2.74. The maximum atomic E-state index is 6.07. The third-order valence-corrected chi connectivity index (χ3v) is 4.29. The van der Waals surface area contributed by atoms with Gasteiger partial charge in [0, 0.05) is 6.04 Å². The van der Waals surface area contributed by atoms with E-state index in [4.69, 9.17) is 10.2 Å². The van der Waals surface area contributed by atoms with Gasteiger partial charge in [0.25, 0.3) is 0 Å². The zero-order chi connectivity index (χ0) is 16.5. The molecule has 1 aliphatic heterocycles. The van der Waals surface area contributed by atoms with Crippen LogP contribution in [0.5, 0.6) is 0 Å². The van der Waals surface area contributed by atoms with Gasteiger partial charge in [0.2, 0.25) is 11.8 Å². The number of hydrogen-bond acceptors (Lipinski definition) is 8. The summed E-state index contributed by atoms with van der Waals surface area (Å²) in [5, 5.41) is 4.10. The lowest BCUT2D eigenvalue weighted by atomic mass is 10.1. The monoisotopic (exact) mass is 325 g/mol. The lowest BCUT2D eigenvalue weighted by Crippen LogP contribution is -2.37. The van der Waals surface area contributed by atoms with Crippen LogP contribution in [-0.4, -0.2) is 51.0 Å². The highest BCUT2D eigenvalue weighted by Crippen LogP contribution is 2.23. The quantitative estimate of drug-likeness (QED) is 0.750. The Morgan fingerprint density at radius 2 is 2.04 bits per heavy atom. The predicted octanol–water partition coefficient (Wildman–Crippen LogP) is 1.77. The fourth-order valence-electron chi connectivity index (χ4n) is 2.90. The molecule has 0 amide bonds. The summed E-state index contributed by atoms with van der Waals surface area (Å²) in [6.45, 7) is 2.13. The van der Waals surface area contributed by atoms with Gasteiger partial charge in [0.15, 0.2) is 5.65 Å². The number of nitrogens with two attached hydrogens (primary N) is 1. The standard InChI is InChI=1S/C16H19N7O/c1-23-7-4-10(5-8-23)19-16-21-13(17)11-2-3-12(20-14(11)22-16)15-18-6-9-24-15/h2-3,6,9-10H,4-5,7-8H2,1H3,(H3,17,19,20,21,22). The Labute approximate surface area is 139 Å². The highest BCUT2D eigenvalue weighted by Gasteiger charge is 2.18. The van der Waals surface area contributed by atoms with Crippen LogP contribution in [-0.2, 0) is 0 Å². The van der Waals surface area contributed by atoms with Crippen LogP contribution >= 0.6 is 0 Å². The number of fused-ring (bicyclic) bond motifs is 1. The molecule has 0 unspecified atom stereocenters. The van der Waals surface area contributed by atoms with E-state index in [1.807, 2.05) is 6.07 Å². The van der Waals surface area contributed by atoms with Crippen molar-refractivity contribution in [3.05, 3.63) is 24.6 Å². The highest BCUT2D eigenvalue weighted by atomic mass is 16.3. The first kappa shape index (κ1) is 14.8. The van der Waals surface area contributed by atoms with Crippen LogP contribution in [0.2, 0.25) is 0 Å². The molecule has 3 N–H and O–H groups in total. The molecular formula is C16H19N7O. The van der Waals surface area contributed by atoms with Gasteiger partial charge < -0.3 is 20.4 Å². The van der Waals surface area contributed by atoms with Crippen molar-refractivity contribution in [1.82, 2.24) is 24.8 Å². The van der Waals surface area contributed by atoms with Crippen LogP contribution < -0.4 is 11.1 Å². The first-order valence-electron chi connectivity index (χ1n) is 7.98. The maximum absolute atomic E-state index is 6.07. The van der Waals surface area contributed by atoms with E-state index < -0.39 is 0 Å². The first-order valence-corrected chi connectivity index (χ1v) is 7.98. The summed E-state index contributed by atoms with van der Waals surface area (Å²) in [5.41, 5.74) is 7.23. The van der Waals surface area contributed by atoms with E-state index in [1.165, 1.54) is 6.26 Å². The maximum Gasteiger partial charge on any atom is 0.245 e. The lowest BCUT2D eigenvalue weighted by molar-refractivity contribution is 0.263. The predicted molar refractivity (Wildman–Crippen MR) is 91.4 cm³/mol. The molecule has 0 radical (unpaired) electrons. The number of pyridine rings is 1. The summed E-state index contributed by atoms with van der Waals surface area (Å²) in [5.74, 6) is 1.40. The van der Waals surface area contributed by atoms with Gasteiger partial charge in [0.1, 0.15) is 17.8 Å². The van der Waals surface area contributed by atoms with Gasteiger partial charge >= 0.3 is 0 Å². The number of aromatic nitrogens is 4. The van der Waals surface area contributed by atoms with Gasteiger partial charge in [-0.15, -0.1) is 0 Å². The van der Waals surface area contributed by atoms with E-state index in [1.54, 1.807) is 12.3 Å². The van der Waals surface area contributed by atoms with Crippen molar-refractivity contribution in [3.8, 4) is 11.6 Å². The normalized spacial score (nSPS) is 16.5. The summed E-state index contributed by atoms with van der Waals surface area (Å²) in [6, 6.07) is 4.00. The minimum absolute atomic E-state index is 0.355. The molecule has 0 aromatic carbocycles. The van der Waals surface area contributed by atoms with E-state index in [2.05, 4.69) is 37.2 Å². The molecule has 1 saturated heterocycles. The zero-order valence-electron chi connectivity index (χ0n) is 13.4. The Bertz CT molecular complexity index is 841. The van der Waals surface area contributed by atoms with E-state index in [0.717, 1.165) is 31.3 Å². The number of rotatable bonds is 3. The third-order valence-electron chi connectivity index (χ3n) is 4.29. The van der Waals surface area contributed by atoms with Gasteiger partial charge in [-0.2, -0.15) is 9.97 Å². The molecule has 0 spiro atoms. The van der Waals surface area contributed by atoms with Crippen molar-refractivity contribution < 1.29 is 4.42 Å². The number of likely N-dealkylation sites (tertiary alicyclic amines) is 1. The van der Waals surface area contributed by atoms with E-state index >= 15 is 0 Å². The second-order valence-electron chi connectivity index (χ2n) is 6.06. The van der Waals surface area contributed by atoms with Gasteiger partial charge in [-0.1, -0.05) is 0 Å². The topological polar surface area (TPSA) is 106 Å². The minimum Gasteiger partial charge on any atom is -0.443 e. The molecule has 3 aromatic heterocycles. The summed E-state index contributed by atoms with van der Waals surface area (Å²) >= 11 is 0. The highest BCUT2D eigenvalue weighted by molar-refractivity contribution is 5.87. The minimum atomic E-state index is 0.355. The summed E-state index contributed by atoms with van der Waals surface area (Å²) in [4.78, 5) is 19.8. The van der Waals surface area contributed by atoms with Crippen molar-refractivity contribution in [2.24, 2.45) is 0 Å². The summed E-state index contributed by atoms with van der Waals surface area (Å²) < 4.78 is 5.29. The average Bonchev–Trinajstić information content (AvgIpc) is 3.11. The molecule has 4 heterocycles. The largest absolute Gasteiger partial charge is 0.443 e. The molecule has 0 atom stereocenters. The smallest absolute Gasteiger partial charge is 0.245 e. The fourth-order valence-corrected chi connectivity index (χ4v) is 2.90.